The Bertz CT molecular complexity index is 944. The molecule has 8 heteroatoms. The van der Waals surface area contributed by atoms with Crippen LogP contribution in [0.4, 0.5) is 0 Å². The van der Waals surface area contributed by atoms with Crippen molar-refractivity contribution in [2.75, 3.05) is 0 Å². The number of carboxylic acids is 1. The van der Waals surface area contributed by atoms with Crippen LogP contribution in [0.25, 0.3) is 0 Å². The highest BCUT2D eigenvalue weighted by Crippen LogP contribution is 2.27. The van der Waals surface area contributed by atoms with E-state index in [1.54, 1.807) is 18.2 Å². The highest BCUT2D eigenvalue weighted by atomic mass is 35.5. The van der Waals surface area contributed by atoms with Gasteiger partial charge in [0.25, 0.3) is 0 Å². The Kier molecular flexibility index (Phi) is 5.06. The maximum atomic E-state index is 12.6. The SMILES string of the molecule is O=C(O)c1ccc2c(c1)CC(NS(=O)(=O)c1ccc(Cl)cc1Cl)CC2. The number of sulfonamides is 1. The van der Waals surface area contributed by atoms with Gasteiger partial charge < -0.3 is 5.11 Å². The molecule has 5 nitrogen and oxygen atoms in total. The van der Waals surface area contributed by atoms with E-state index in [4.69, 9.17) is 28.3 Å². The quantitative estimate of drug-likeness (QED) is 0.823. The van der Waals surface area contributed by atoms with E-state index in [0.717, 1.165) is 11.1 Å². The molecule has 2 aromatic carbocycles. The van der Waals surface area contributed by atoms with Crippen LogP contribution in [0.15, 0.2) is 41.3 Å². The highest BCUT2D eigenvalue weighted by molar-refractivity contribution is 7.89. The van der Waals surface area contributed by atoms with E-state index in [2.05, 4.69) is 4.72 Å². The summed E-state index contributed by atoms with van der Waals surface area (Å²) in [7, 11) is -3.79. The first-order valence-electron chi connectivity index (χ1n) is 7.59. The van der Waals surface area contributed by atoms with Crippen molar-refractivity contribution in [2.45, 2.75) is 30.2 Å². The van der Waals surface area contributed by atoms with Gasteiger partial charge >= 0.3 is 5.97 Å². The fourth-order valence-electron chi connectivity index (χ4n) is 2.97. The third kappa shape index (κ3) is 3.98. The number of hydrogen-bond acceptors (Lipinski definition) is 3. The fraction of sp³-hybridized carbons (Fsp3) is 0.235. The first-order chi connectivity index (χ1) is 11.8. The molecule has 0 aliphatic heterocycles. The summed E-state index contributed by atoms with van der Waals surface area (Å²) >= 11 is 11.8. The Balaban J connectivity index is 1.82. The van der Waals surface area contributed by atoms with Crippen molar-refractivity contribution in [3.8, 4) is 0 Å². The standard InChI is InChI=1S/C17H15Cl2NO4S/c18-13-4-6-16(15(19)9-13)25(23,24)20-14-5-3-10-1-2-11(17(21)22)7-12(10)8-14/h1-2,4,6-7,9,14,20H,3,5,8H2,(H,21,22). The minimum Gasteiger partial charge on any atom is -0.478 e. The lowest BCUT2D eigenvalue weighted by Crippen LogP contribution is -2.39. The molecule has 0 aromatic heterocycles. The molecule has 0 fully saturated rings. The Morgan fingerprint density at radius 1 is 1.12 bits per heavy atom. The predicted molar refractivity (Wildman–Crippen MR) is 96.0 cm³/mol. The summed E-state index contributed by atoms with van der Waals surface area (Å²) < 4.78 is 27.8. The molecule has 25 heavy (non-hydrogen) atoms. The molecule has 0 saturated heterocycles. The van der Waals surface area contributed by atoms with Gasteiger partial charge in [-0.05, 0) is 60.7 Å². The zero-order chi connectivity index (χ0) is 18.2. The van der Waals surface area contributed by atoms with Crippen LogP contribution in [-0.4, -0.2) is 25.5 Å². The van der Waals surface area contributed by atoms with Gasteiger partial charge in [-0.25, -0.2) is 17.9 Å². The molecule has 2 aromatic rings. The number of rotatable bonds is 4. The average molecular weight is 400 g/mol. The van der Waals surface area contributed by atoms with E-state index in [0.29, 0.717) is 24.3 Å². The molecule has 1 aliphatic carbocycles. The topological polar surface area (TPSA) is 83.5 Å². The summed E-state index contributed by atoms with van der Waals surface area (Å²) in [4.78, 5) is 11.1. The number of carboxylic acid groups (broad SMARTS) is 1. The number of aromatic carboxylic acids is 1. The largest absolute Gasteiger partial charge is 0.478 e. The van der Waals surface area contributed by atoms with Gasteiger partial charge in [-0.3, -0.25) is 0 Å². The molecule has 0 radical (unpaired) electrons. The van der Waals surface area contributed by atoms with Crippen molar-refractivity contribution in [1.82, 2.24) is 4.72 Å². The molecule has 3 rings (SSSR count). The molecule has 1 unspecified atom stereocenters. The van der Waals surface area contributed by atoms with Gasteiger partial charge in [0, 0.05) is 11.1 Å². The first-order valence-corrected chi connectivity index (χ1v) is 9.82. The number of hydrogen-bond donors (Lipinski definition) is 2. The third-order valence-corrected chi connectivity index (χ3v) is 6.43. The van der Waals surface area contributed by atoms with E-state index < -0.39 is 16.0 Å². The van der Waals surface area contributed by atoms with Crippen molar-refractivity contribution in [3.63, 3.8) is 0 Å². The maximum absolute atomic E-state index is 12.6. The van der Waals surface area contributed by atoms with Crippen LogP contribution in [0.2, 0.25) is 10.0 Å². The molecule has 0 saturated carbocycles. The van der Waals surface area contributed by atoms with E-state index >= 15 is 0 Å². The van der Waals surface area contributed by atoms with Crippen molar-refractivity contribution < 1.29 is 18.3 Å². The predicted octanol–water partition coefficient (Wildman–Crippen LogP) is 3.53. The average Bonchev–Trinajstić information content (AvgIpc) is 2.53. The lowest BCUT2D eigenvalue weighted by atomic mass is 9.88. The van der Waals surface area contributed by atoms with Gasteiger partial charge in [-0.15, -0.1) is 0 Å². The Labute approximate surface area is 155 Å². The van der Waals surface area contributed by atoms with Gasteiger partial charge in [-0.2, -0.15) is 0 Å². The monoisotopic (exact) mass is 399 g/mol. The summed E-state index contributed by atoms with van der Waals surface area (Å²) in [5.74, 6) is -1.00. The smallest absolute Gasteiger partial charge is 0.335 e. The molecular weight excluding hydrogens is 385 g/mol. The van der Waals surface area contributed by atoms with Crippen molar-refractivity contribution in [2.24, 2.45) is 0 Å². The Hall–Kier alpha value is -1.60. The van der Waals surface area contributed by atoms with E-state index in [1.807, 2.05) is 0 Å². The Morgan fingerprint density at radius 3 is 2.56 bits per heavy atom. The molecular formula is C17H15Cl2NO4S. The minimum absolute atomic E-state index is 0.0244. The van der Waals surface area contributed by atoms with E-state index in [9.17, 15) is 13.2 Å². The van der Waals surface area contributed by atoms with Crippen molar-refractivity contribution in [3.05, 3.63) is 63.1 Å². The summed E-state index contributed by atoms with van der Waals surface area (Å²) in [5.41, 5.74) is 2.09. The number of halogens is 2. The van der Waals surface area contributed by atoms with E-state index in [-0.39, 0.29) is 21.5 Å². The van der Waals surface area contributed by atoms with Crippen molar-refractivity contribution >= 4 is 39.2 Å². The second-order valence-electron chi connectivity index (χ2n) is 5.92. The van der Waals surface area contributed by atoms with Crippen molar-refractivity contribution in [1.29, 1.82) is 0 Å². The maximum Gasteiger partial charge on any atom is 0.335 e. The number of nitrogens with one attached hydrogen (secondary N) is 1. The van der Waals surface area contributed by atoms with Crippen LogP contribution < -0.4 is 4.72 Å². The number of carbonyl (C=O) groups is 1. The number of fused-ring (bicyclic) bond motifs is 1. The lowest BCUT2D eigenvalue weighted by molar-refractivity contribution is 0.0696. The lowest BCUT2D eigenvalue weighted by Gasteiger charge is -2.25. The molecule has 0 heterocycles. The molecule has 1 aliphatic rings. The second-order valence-corrected chi connectivity index (χ2v) is 8.45. The molecule has 0 bridgehead atoms. The van der Waals surface area contributed by atoms with Crippen LogP contribution >= 0.6 is 23.2 Å². The number of aryl methyl sites for hydroxylation is 1. The third-order valence-electron chi connectivity index (χ3n) is 4.19. The van der Waals surface area contributed by atoms with Crippen LogP contribution in [0, 0.1) is 0 Å². The van der Waals surface area contributed by atoms with Crippen LogP contribution in [0.3, 0.4) is 0 Å². The molecule has 0 amide bonds. The van der Waals surface area contributed by atoms with Gasteiger partial charge in [0.1, 0.15) is 4.90 Å². The normalized spacial score (nSPS) is 17.1. The van der Waals surface area contributed by atoms with E-state index in [1.165, 1.54) is 18.2 Å². The summed E-state index contributed by atoms with van der Waals surface area (Å²) in [6.07, 6.45) is 1.74. The molecule has 1 atom stereocenters. The summed E-state index contributed by atoms with van der Waals surface area (Å²) in [5, 5.41) is 9.52. The minimum atomic E-state index is -3.79. The zero-order valence-electron chi connectivity index (χ0n) is 13.0. The van der Waals surface area contributed by atoms with Gasteiger partial charge in [0.15, 0.2) is 0 Å². The second kappa shape index (κ2) is 6.96. The Morgan fingerprint density at radius 2 is 1.88 bits per heavy atom. The number of benzene rings is 2. The fourth-order valence-corrected chi connectivity index (χ4v) is 5.01. The van der Waals surface area contributed by atoms with Gasteiger partial charge in [0.05, 0.1) is 10.6 Å². The summed E-state index contributed by atoms with van der Waals surface area (Å²) in [6, 6.07) is 8.86. The summed E-state index contributed by atoms with van der Waals surface area (Å²) in [6.45, 7) is 0. The molecule has 132 valence electrons. The molecule has 0 spiro atoms. The zero-order valence-corrected chi connectivity index (χ0v) is 15.3. The highest BCUT2D eigenvalue weighted by Gasteiger charge is 2.26. The van der Waals surface area contributed by atoms with Gasteiger partial charge in [0.2, 0.25) is 10.0 Å². The molecule has 2 N–H and O–H groups in total. The van der Waals surface area contributed by atoms with Crippen LogP contribution in [-0.2, 0) is 22.9 Å². The first kappa shape index (κ1) is 18.2. The van der Waals surface area contributed by atoms with Gasteiger partial charge in [-0.1, -0.05) is 29.3 Å². The van der Waals surface area contributed by atoms with Crippen LogP contribution in [0.5, 0.6) is 0 Å². The van der Waals surface area contributed by atoms with Crippen LogP contribution in [0.1, 0.15) is 27.9 Å².